The molecule has 6 nitrogen and oxygen atoms in total. The van der Waals surface area contributed by atoms with Gasteiger partial charge in [0.15, 0.2) is 0 Å². The van der Waals surface area contributed by atoms with E-state index in [0.29, 0.717) is 5.56 Å². The number of carbonyl (C=O) groups is 2. The van der Waals surface area contributed by atoms with Crippen LogP contribution in [0.25, 0.3) is 0 Å². The third-order valence-corrected chi connectivity index (χ3v) is 3.15. The SMILES string of the molecule is COC(=O)C[C@H](NC(=O)c1ccc(=O)[nH]c1)c1ccccc1. The molecule has 0 aliphatic heterocycles. The van der Waals surface area contributed by atoms with Gasteiger partial charge in [0.25, 0.3) is 5.91 Å². The largest absolute Gasteiger partial charge is 0.469 e. The van der Waals surface area contributed by atoms with Crippen molar-refractivity contribution in [3.8, 4) is 0 Å². The number of methoxy groups -OCH3 is 1. The molecule has 0 aliphatic carbocycles. The highest BCUT2D eigenvalue weighted by Gasteiger charge is 2.19. The lowest BCUT2D eigenvalue weighted by Gasteiger charge is -2.18. The summed E-state index contributed by atoms with van der Waals surface area (Å²) >= 11 is 0. The van der Waals surface area contributed by atoms with Crippen molar-refractivity contribution in [3.05, 3.63) is 70.1 Å². The maximum atomic E-state index is 12.2. The zero-order chi connectivity index (χ0) is 15.9. The first kappa shape index (κ1) is 15.5. The summed E-state index contributed by atoms with van der Waals surface area (Å²) in [6.07, 6.45) is 1.35. The van der Waals surface area contributed by atoms with Crippen LogP contribution < -0.4 is 10.9 Å². The third kappa shape index (κ3) is 4.05. The summed E-state index contributed by atoms with van der Waals surface area (Å²) in [4.78, 5) is 37.2. The second-order valence-electron chi connectivity index (χ2n) is 4.66. The standard InChI is InChI=1S/C16H16N2O4/c1-22-15(20)9-13(11-5-3-2-4-6-11)18-16(21)12-7-8-14(19)17-10-12/h2-8,10,13H,9H2,1H3,(H,17,19)(H,18,21)/t13-/m0/s1. The fraction of sp³-hybridized carbons (Fsp3) is 0.188. The highest BCUT2D eigenvalue weighted by atomic mass is 16.5. The maximum Gasteiger partial charge on any atom is 0.307 e. The van der Waals surface area contributed by atoms with Gasteiger partial charge in [-0.05, 0) is 11.6 Å². The molecule has 114 valence electrons. The van der Waals surface area contributed by atoms with Gasteiger partial charge in [0.1, 0.15) is 0 Å². The molecule has 1 atom stereocenters. The minimum atomic E-state index is -0.506. The highest BCUT2D eigenvalue weighted by Crippen LogP contribution is 2.17. The minimum absolute atomic E-state index is 0.0234. The van der Waals surface area contributed by atoms with Crippen molar-refractivity contribution in [1.29, 1.82) is 0 Å². The van der Waals surface area contributed by atoms with Gasteiger partial charge in [-0.15, -0.1) is 0 Å². The van der Waals surface area contributed by atoms with Crippen LogP contribution >= 0.6 is 0 Å². The lowest BCUT2D eigenvalue weighted by atomic mass is 10.0. The van der Waals surface area contributed by atoms with Gasteiger partial charge in [0.05, 0.1) is 25.1 Å². The Bertz CT molecular complexity index is 689. The normalized spacial score (nSPS) is 11.5. The molecule has 0 radical (unpaired) electrons. The number of carbonyl (C=O) groups excluding carboxylic acids is 2. The van der Waals surface area contributed by atoms with Crippen LogP contribution in [-0.4, -0.2) is 24.0 Å². The van der Waals surface area contributed by atoms with Crippen molar-refractivity contribution in [2.75, 3.05) is 7.11 Å². The van der Waals surface area contributed by atoms with E-state index in [-0.39, 0.29) is 17.9 Å². The van der Waals surface area contributed by atoms with E-state index >= 15 is 0 Å². The first-order chi connectivity index (χ1) is 10.6. The number of rotatable bonds is 5. The molecule has 1 aromatic carbocycles. The molecule has 0 fully saturated rings. The molecular weight excluding hydrogens is 284 g/mol. The molecule has 2 N–H and O–H groups in total. The number of nitrogens with one attached hydrogen (secondary N) is 2. The van der Waals surface area contributed by atoms with E-state index in [9.17, 15) is 14.4 Å². The lowest BCUT2D eigenvalue weighted by Crippen LogP contribution is -2.30. The number of benzene rings is 1. The average molecular weight is 300 g/mol. The van der Waals surface area contributed by atoms with Crippen LogP contribution in [0.3, 0.4) is 0 Å². The predicted molar refractivity (Wildman–Crippen MR) is 80.3 cm³/mol. The first-order valence-corrected chi connectivity index (χ1v) is 6.71. The number of aromatic amines is 1. The lowest BCUT2D eigenvalue weighted by molar-refractivity contribution is -0.141. The zero-order valence-electron chi connectivity index (χ0n) is 12.0. The number of ether oxygens (including phenoxy) is 1. The molecule has 6 heteroatoms. The number of hydrogen-bond donors (Lipinski definition) is 2. The molecule has 1 heterocycles. The zero-order valence-corrected chi connectivity index (χ0v) is 12.0. The van der Waals surface area contributed by atoms with E-state index in [1.165, 1.54) is 25.4 Å². The first-order valence-electron chi connectivity index (χ1n) is 6.71. The molecule has 0 saturated heterocycles. The van der Waals surface area contributed by atoms with Gasteiger partial charge in [-0.2, -0.15) is 0 Å². The Morgan fingerprint density at radius 2 is 1.91 bits per heavy atom. The van der Waals surface area contributed by atoms with Gasteiger partial charge in [0, 0.05) is 12.3 Å². The number of esters is 1. The van der Waals surface area contributed by atoms with Crippen LogP contribution in [0.1, 0.15) is 28.4 Å². The molecule has 0 spiro atoms. The van der Waals surface area contributed by atoms with Crippen molar-refractivity contribution in [2.45, 2.75) is 12.5 Å². The average Bonchev–Trinajstić information content (AvgIpc) is 2.55. The monoisotopic (exact) mass is 300 g/mol. The molecule has 22 heavy (non-hydrogen) atoms. The molecule has 1 aromatic heterocycles. The van der Waals surface area contributed by atoms with Gasteiger partial charge < -0.3 is 15.0 Å². The summed E-state index contributed by atoms with van der Waals surface area (Å²) < 4.78 is 4.67. The van der Waals surface area contributed by atoms with Crippen LogP contribution in [0.4, 0.5) is 0 Å². The maximum absolute atomic E-state index is 12.2. The van der Waals surface area contributed by atoms with Crippen molar-refractivity contribution in [1.82, 2.24) is 10.3 Å². The van der Waals surface area contributed by atoms with E-state index < -0.39 is 12.0 Å². The van der Waals surface area contributed by atoms with E-state index in [2.05, 4.69) is 15.0 Å². The second-order valence-corrected chi connectivity index (χ2v) is 4.66. The molecule has 2 aromatic rings. The smallest absolute Gasteiger partial charge is 0.307 e. The number of H-pyrrole nitrogens is 1. The third-order valence-electron chi connectivity index (χ3n) is 3.15. The van der Waals surface area contributed by atoms with Crippen LogP contribution in [-0.2, 0) is 9.53 Å². The summed E-state index contributed by atoms with van der Waals surface area (Å²) in [6, 6.07) is 11.3. The van der Waals surface area contributed by atoms with Crippen LogP contribution in [0.2, 0.25) is 0 Å². The van der Waals surface area contributed by atoms with Crippen LogP contribution in [0.15, 0.2) is 53.5 Å². The molecule has 0 aliphatic rings. The summed E-state index contributed by atoms with van der Waals surface area (Å²) in [7, 11) is 1.30. The fourth-order valence-electron chi connectivity index (χ4n) is 1.98. The minimum Gasteiger partial charge on any atom is -0.469 e. The Morgan fingerprint density at radius 1 is 1.18 bits per heavy atom. The summed E-state index contributed by atoms with van der Waals surface area (Å²) in [5, 5.41) is 2.77. The van der Waals surface area contributed by atoms with Crippen molar-refractivity contribution < 1.29 is 14.3 Å². The molecule has 0 bridgehead atoms. The summed E-state index contributed by atoms with van der Waals surface area (Å²) in [5.41, 5.74) is 0.821. The van der Waals surface area contributed by atoms with Crippen molar-refractivity contribution in [3.63, 3.8) is 0 Å². The van der Waals surface area contributed by atoms with Crippen molar-refractivity contribution in [2.24, 2.45) is 0 Å². The number of pyridine rings is 1. The van der Waals surface area contributed by atoms with E-state index in [0.717, 1.165) is 5.56 Å². The topological polar surface area (TPSA) is 88.3 Å². The Balaban J connectivity index is 2.18. The summed E-state index contributed by atoms with van der Waals surface area (Å²) in [6.45, 7) is 0. The van der Waals surface area contributed by atoms with Gasteiger partial charge >= 0.3 is 5.97 Å². The van der Waals surface area contributed by atoms with E-state index in [4.69, 9.17) is 0 Å². The predicted octanol–water partition coefficient (Wildman–Crippen LogP) is 1.41. The van der Waals surface area contributed by atoms with Crippen LogP contribution in [0, 0.1) is 0 Å². The molecule has 0 unspecified atom stereocenters. The molecular formula is C16H16N2O4. The Labute approximate surface area is 127 Å². The highest BCUT2D eigenvalue weighted by molar-refractivity contribution is 5.94. The Kier molecular flexibility index (Phi) is 5.08. The number of hydrogen-bond acceptors (Lipinski definition) is 4. The second kappa shape index (κ2) is 7.21. The Morgan fingerprint density at radius 3 is 2.50 bits per heavy atom. The quantitative estimate of drug-likeness (QED) is 0.817. The van der Waals surface area contributed by atoms with E-state index in [1.54, 1.807) is 0 Å². The van der Waals surface area contributed by atoms with Gasteiger partial charge in [-0.3, -0.25) is 14.4 Å². The van der Waals surface area contributed by atoms with E-state index in [1.807, 2.05) is 30.3 Å². The molecule has 1 amide bonds. The molecule has 0 saturated carbocycles. The van der Waals surface area contributed by atoms with Crippen molar-refractivity contribution >= 4 is 11.9 Å². The summed E-state index contributed by atoms with van der Waals surface area (Å²) in [5.74, 6) is -0.801. The van der Waals surface area contributed by atoms with Gasteiger partial charge in [-0.1, -0.05) is 30.3 Å². The number of amides is 1. The molecule has 2 rings (SSSR count). The van der Waals surface area contributed by atoms with Crippen LogP contribution in [0.5, 0.6) is 0 Å². The van der Waals surface area contributed by atoms with Gasteiger partial charge in [0.2, 0.25) is 5.56 Å². The fourth-order valence-corrected chi connectivity index (χ4v) is 1.98. The number of aromatic nitrogens is 1. The Hall–Kier alpha value is -2.89. The van der Waals surface area contributed by atoms with Gasteiger partial charge in [-0.25, -0.2) is 0 Å².